The quantitative estimate of drug-likeness (QED) is 0.339. The van der Waals surface area contributed by atoms with E-state index in [9.17, 15) is 26.4 Å². The third-order valence-corrected chi connectivity index (χ3v) is 7.20. The van der Waals surface area contributed by atoms with Gasteiger partial charge in [-0.05, 0) is 75.4 Å². The van der Waals surface area contributed by atoms with E-state index < -0.39 is 44.3 Å². The molecule has 1 aliphatic rings. The first-order chi connectivity index (χ1) is 16.2. The Morgan fingerprint density at radius 3 is 2.51 bits per heavy atom. The van der Waals surface area contributed by atoms with Crippen molar-refractivity contribution in [1.82, 2.24) is 4.72 Å². The minimum Gasteiger partial charge on any atom is -0.482 e. The van der Waals surface area contributed by atoms with Crippen LogP contribution in [0.3, 0.4) is 0 Å². The SMILES string of the molecule is CC(C)(C)OC(=O)COc1cccc2c1CCCCC2NS(=O)(=O)c1cc(Br)cc(C(F)(F)F)c1. The van der Waals surface area contributed by atoms with Gasteiger partial charge in [-0.25, -0.2) is 17.9 Å². The number of hydrogen-bond acceptors (Lipinski definition) is 5. The molecule has 1 aliphatic carbocycles. The fraction of sp³-hybridized carbons (Fsp3) is 0.458. The van der Waals surface area contributed by atoms with E-state index in [1.807, 2.05) is 0 Å². The second-order valence-electron chi connectivity index (χ2n) is 9.29. The molecule has 0 fully saturated rings. The maximum absolute atomic E-state index is 13.2. The lowest BCUT2D eigenvalue weighted by Crippen LogP contribution is -2.29. The summed E-state index contributed by atoms with van der Waals surface area (Å²) >= 11 is 2.97. The van der Waals surface area contributed by atoms with E-state index >= 15 is 0 Å². The van der Waals surface area contributed by atoms with Gasteiger partial charge in [-0.15, -0.1) is 0 Å². The van der Waals surface area contributed by atoms with Gasteiger partial charge < -0.3 is 9.47 Å². The van der Waals surface area contributed by atoms with Gasteiger partial charge in [0.15, 0.2) is 6.61 Å². The predicted molar refractivity (Wildman–Crippen MR) is 128 cm³/mol. The Balaban J connectivity index is 1.87. The largest absolute Gasteiger partial charge is 0.482 e. The molecule has 0 bridgehead atoms. The van der Waals surface area contributed by atoms with Crippen molar-refractivity contribution < 1.29 is 35.9 Å². The van der Waals surface area contributed by atoms with Crippen molar-refractivity contribution >= 4 is 31.9 Å². The molecular weight excluding hydrogens is 551 g/mol. The number of carbonyl (C=O) groups is 1. The van der Waals surface area contributed by atoms with E-state index in [1.54, 1.807) is 39.0 Å². The zero-order valence-corrected chi connectivity index (χ0v) is 21.9. The average molecular weight is 578 g/mol. The Bertz CT molecular complexity index is 1190. The van der Waals surface area contributed by atoms with E-state index in [4.69, 9.17) is 9.47 Å². The van der Waals surface area contributed by atoms with Gasteiger partial charge in [0, 0.05) is 10.5 Å². The first kappa shape index (κ1) is 27.5. The van der Waals surface area contributed by atoms with E-state index in [-0.39, 0.29) is 11.1 Å². The molecule has 0 saturated heterocycles. The molecule has 0 aromatic heterocycles. The van der Waals surface area contributed by atoms with Crippen molar-refractivity contribution in [1.29, 1.82) is 0 Å². The highest BCUT2D eigenvalue weighted by atomic mass is 79.9. The summed E-state index contributed by atoms with van der Waals surface area (Å²) in [6.07, 6.45) is -2.18. The number of ether oxygens (including phenoxy) is 2. The van der Waals surface area contributed by atoms with Crippen LogP contribution in [0.1, 0.15) is 62.8 Å². The predicted octanol–water partition coefficient (Wildman–Crippen LogP) is 5.93. The second-order valence-corrected chi connectivity index (χ2v) is 11.9. The average Bonchev–Trinajstić information content (AvgIpc) is 2.92. The molecule has 0 amide bonds. The summed E-state index contributed by atoms with van der Waals surface area (Å²) < 4.78 is 79.4. The van der Waals surface area contributed by atoms with E-state index in [0.29, 0.717) is 36.6 Å². The third-order valence-electron chi connectivity index (χ3n) is 5.29. The molecule has 2 aromatic rings. The Kier molecular flexibility index (Phi) is 8.23. The molecule has 0 radical (unpaired) electrons. The highest BCUT2D eigenvalue weighted by Crippen LogP contribution is 2.37. The summed E-state index contributed by atoms with van der Waals surface area (Å²) in [5.41, 5.74) is -0.299. The summed E-state index contributed by atoms with van der Waals surface area (Å²) in [6.45, 7) is 4.94. The number of carbonyl (C=O) groups excluding carboxylic acids is 1. The molecule has 0 aliphatic heterocycles. The molecule has 1 N–H and O–H groups in total. The van der Waals surface area contributed by atoms with Gasteiger partial charge in [0.25, 0.3) is 0 Å². The standard InChI is InChI=1S/C24H27BrF3NO5S/c1-23(2,3)34-22(30)14-33-21-10-6-8-18-19(21)7-4-5-9-20(18)29-35(31,32)17-12-15(24(26,27)28)11-16(25)13-17/h6,8,10-13,20,29H,4-5,7,9,14H2,1-3H3. The van der Waals surface area contributed by atoms with E-state index in [0.717, 1.165) is 24.1 Å². The van der Waals surface area contributed by atoms with Crippen LogP contribution < -0.4 is 9.46 Å². The molecule has 1 unspecified atom stereocenters. The number of fused-ring (bicyclic) bond motifs is 1. The van der Waals surface area contributed by atoms with Crippen molar-refractivity contribution in [2.24, 2.45) is 0 Å². The Morgan fingerprint density at radius 1 is 1.14 bits per heavy atom. The number of benzene rings is 2. The number of hydrogen-bond donors (Lipinski definition) is 1. The van der Waals surface area contributed by atoms with Crippen LogP contribution in [0.15, 0.2) is 45.8 Å². The number of halogens is 4. The maximum atomic E-state index is 13.2. The third kappa shape index (κ3) is 7.44. The zero-order valence-electron chi connectivity index (χ0n) is 19.5. The molecule has 11 heteroatoms. The van der Waals surface area contributed by atoms with E-state index in [2.05, 4.69) is 20.7 Å². The molecule has 0 heterocycles. The van der Waals surface area contributed by atoms with Crippen LogP contribution in [-0.2, 0) is 32.2 Å². The highest BCUT2D eigenvalue weighted by molar-refractivity contribution is 9.10. The van der Waals surface area contributed by atoms with Gasteiger partial charge >= 0.3 is 12.1 Å². The summed E-state index contributed by atoms with van der Waals surface area (Å²) in [7, 11) is -4.28. The fourth-order valence-electron chi connectivity index (χ4n) is 3.88. The molecule has 0 spiro atoms. The molecule has 35 heavy (non-hydrogen) atoms. The Hall–Kier alpha value is -2.11. The maximum Gasteiger partial charge on any atom is 0.416 e. The van der Waals surface area contributed by atoms with Crippen LogP contribution in [0.4, 0.5) is 13.2 Å². The Morgan fingerprint density at radius 2 is 1.86 bits per heavy atom. The Labute approximate surface area is 211 Å². The van der Waals surface area contributed by atoms with Gasteiger partial charge in [-0.2, -0.15) is 13.2 Å². The smallest absolute Gasteiger partial charge is 0.416 e. The van der Waals surface area contributed by atoms with Gasteiger partial charge in [-0.1, -0.05) is 34.5 Å². The topological polar surface area (TPSA) is 81.7 Å². The number of esters is 1. The summed E-state index contributed by atoms with van der Waals surface area (Å²) in [6, 6.07) is 7.06. The molecule has 1 atom stereocenters. The number of sulfonamides is 1. The normalized spacial score (nSPS) is 16.8. The van der Waals surface area contributed by atoms with Crippen LogP contribution >= 0.6 is 15.9 Å². The molecular formula is C24H27BrF3NO5S. The van der Waals surface area contributed by atoms with Crippen molar-refractivity contribution in [2.75, 3.05) is 6.61 Å². The minimum absolute atomic E-state index is 0.00629. The lowest BCUT2D eigenvalue weighted by Gasteiger charge is -2.22. The first-order valence-electron chi connectivity index (χ1n) is 11.0. The summed E-state index contributed by atoms with van der Waals surface area (Å²) in [5.74, 6) is -0.0858. The lowest BCUT2D eigenvalue weighted by atomic mass is 9.99. The van der Waals surface area contributed by atoms with Gasteiger partial charge in [0.2, 0.25) is 10.0 Å². The van der Waals surface area contributed by atoms with Crippen LogP contribution in [-0.4, -0.2) is 26.6 Å². The van der Waals surface area contributed by atoms with Crippen molar-refractivity contribution in [2.45, 2.75) is 69.2 Å². The molecule has 0 saturated carbocycles. The van der Waals surface area contributed by atoms with Crippen LogP contribution in [0.5, 0.6) is 5.75 Å². The number of alkyl halides is 3. The number of rotatable bonds is 6. The van der Waals surface area contributed by atoms with Gasteiger partial charge in [0.1, 0.15) is 11.4 Å². The summed E-state index contributed by atoms with van der Waals surface area (Å²) in [5, 5.41) is 0. The summed E-state index contributed by atoms with van der Waals surface area (Å²) in [4.78, 5) is 11.6. The molecule has 6 nitrogen and oxygen atoms in total. The van der Waals surface area contributed by atoms with Crippen LogP contribution in [0, 0.1) is 0 Å². The lowest BCUT2D eigenvalue weighted by molar-refractivity contribution is -0.157. The monoisotopic (exact) mass is 577 g/mol. The minimum atomic E-state index is -4.69. The highest BCUT2D eigenvalue weighted by Gasteiger charge is 2.33. The van der Waals surface area contributed by atoms with Crippen LogP contribution in [0.25, 0.3) is 0 Å². The molecule has 2 aromatic carbocycles. The van der Waals surface area contributed by atoms with Gasteiger partial charge in [0.05, 0.1) is 10.5 Å². The van der Waals surface area contributed by atoms with E-state index in [1.165, 1.54) is 0 Å². The second kappa shape index (κ2) is 10.5. The van der Waals surface area contributed by atoms with Crippen molar-refractivity contribution in [3.63, 3.8) is 0 Å². The fourth-order valence-corrected chi connectivity index (χ4v) is 5.85. The first-order valence-corrected chi connectivity index (χ1v) is 13.3. The van der Waals surface area contributed by atoms with Crippen molar-refractivity contribution in [3.8, 4) is 5.75 Å². The zero-order chi connectivity index (χ0) is 26.0. The number of nitrogens with one attached hydrogen (secondary N) is 1. The molecule has 192 valence electrons. The van der Waals surface area contributed by atoms with Crippen molar-refractivity contribution in [3.05, 3.63) is 57.6 Å². The molecule has 3 rings (SSSR count). The van der Waals surface area contributed by atoms with Gasteiger partial charge in [-0.3, -0.25) is 0 Å². The van der Waals surface area contributed by atoms with Crippen LogP contribution in [0.2, 0.25) is 0 Å².